The molecule has 0 aliphatic rings. The number of nitrogens with zero attached hydrogens (tertiary/aromatic N) is 3. The average Bonchev–Trinajstić information content (AvgIpc) is 2.89. The average molecular weight is 264 g/mol. The molecule has 0 amide bonds. The molecule has 2 heterocycles. The van der Waals surface area contributed by atoms with Gasteiger partial charge in [-0.3, -0.25) is 0 Å². The second-order valence-corrected chi connectivity index (χ2v) is 5.62. The zero-order chi connectivity index (χ0) is 13.1. The summed E-state index contributed by atoms with van der Waals surface area (Å²) in [5.41, 5.74) is 1.10. The van der Waals surface area contributed by atoms with E-state index in [4.69, 9.17) is 0 Å². The zero-order valence-corrected chi connectivity index (χ0v) is 12.2. The van der Waals surface area contributed by atoms with Crippen LogP contribution in [0.5, 0.6) is 0 Å². The van der Waals surface area contributed by atoms with E-state index in [2.05, 4.69) is 33.7 Å². The number of hydrogen-bond acceptors (Lipinski definition) is 4. The summed E-state index contributed by atoms with van der Waals surface area (Å²) in [7, 11) is 1.98. The van der Waals surface area contributed by atoms with Gasteiger partial charge in [-0.1, -0.05) is 6.92 Å². The molecule has 18 heavy (non-hydrogen) atoms. The van der Waals surface area contributed by atoms with Crippen LogP contribution in [0.4, 0.5) is 0 Å². The zero-order valence-electron chi connectivity index (χ0n) is 11.4. The van der Waals surface area contributed by atoms with Crippen LogP contribution >= 0.6 is 11.3 Å². The molecular weight excluding hydrogens is 244 g/mol. The maximum Gasteiger partial charge on any atom is 0.131 e. The molecule has 1 N–H and O–H groups in total. The number of rotatable bonds is 5. The van der Waals surface area contributed by atoms with Gasteiger partial charge in [-0.2, -0.15) is 0 Å². The molecule has 0 bridgehead atoms. The van der Waals surface area contributed by atoms with Crippen molar-refractivity contribution in [2.24, 2.45) is 0 Å². The topological polar surface area (TPSA) is 42.7 Å². The third-order valence-corrected chi connectivity index (χ3v) is 4.10. The Hall–Kier alpha value is -1.20. The van der Waals surface area contributed by atoms with E-state index < -0.39 is 0 Å². The van der Waals surface area contributed by atoms with Crippen LogP contribution in [0.25, 0.3) is 0 Å². The number of thiazole rings is 1. The summed E-state index contributed by atoms with van der Waals surface area (Å²) >= 11 is 1.75. The first-order valence-corrected chi connectivity index (χ1v) is 7.11. The Balaban J connectivity index is 2.39. The molecule has 0 saturated carbocycles. The first kappa shape index (κ1) is 13.2. The van der Waals surface area contributed by atoms with E-state index in [9.17, 15) is 0 Å². The normalized spacial score (nSPS) is 12.9. The van der Waals surface area contributed by atoms with Crippen molar-refractivity contribution in [3.05, 3.63) is 33.8 Å². The standard InChI is InChI=1S/C13H20N4S/c1-5-7-17-8-6-15-13(17)11(14-4)12-9(2)16-10(3)18-12/h6,8,11,14H,5,7H2,1-4H3. The number of nitrogens with one attached hydrogen (secondary N) is 1. The van der Waals surface area contributed by atoms with E-state index in [0.29, 0.717) is 0 Å². The van der Waals surface area contributed by atoms with Crippen molar-refractivity contribution in [1.82, 2.24) is 19.9 Å². The van der Waals surface area contributed by atoms with E-state index in [1.165, 1.54) is 4.88 Å². The lowest BCUT2D eigenvalue weighted by atomic mass is 10.2. The van der Waals surface area contributed by atoms with Gasteiger partial charge in [0.15, 0.2) is 0 Å². The number of aryl methyl sites for hydroxylation is 3. The monoisotopic (exact) mass is 264 g/mol. The molecule has 1 atom stereocenters. The van der Waals surface area contributed by atoms with Gasteiger partial charge < -0.3 is 9.88 Å². The Labute approximate surface area is 112 Å². The van der Waals surface area contributed by atoms with Gasteiger partial charge in [0, 0.05) is 18.9 Å². The first-order valence-electron chi connectivity index (χ1n) is 6.29. The number of imidazole rings is 1. The summed E-state index contributed by atoms with van der Waals surface area (Å²) in [6, 6.07) is 0.137. The lowest BCUT2D eigenvalue weighted by Crippen LogP contribution is -2.22. The third-order valence-electron chi connectivity index (χ3n) is 2.96. The molecule has 2 rings (SSSR count). The molecule has 0 fully saturated rings. The predicted octanol–water partition coefficient (Wildman–Crippen LogP) is 2.68. The number of aromatic nitrogens is 3. The van der Waals surface area contributed by atoms with E-state index in [0.717, 1.165) is 29.5 Å². The molecule has 2 aromatic heterocycles. The Morgan fingerprint density at radius 1 is 1.44 bits per heavy atom. The molecule has 1 unspecified atom stereocenters. The lowest BCUT2D eigenvalue weighted by Gasteiger charge is -2.16. The van der Waals surface area contributed by atoms with Gasteiger partial charge in [0.1, 0.15) is 11.9 Å². The van der Waals surface area contributed by atoms with E-state index in [-0.39, 0.29) is 6.04 Å². The highest BCUT2D eigenvalue weighted by Crippen LogP contribution is 2.28. The first-order chi connectivity index (χ1) is 8.67. The predicted molar refractivity (Wildman–Crippen MR) is 75.0 cm³/mol. The van der Waals surface area contributed by atoms with Crippen LogP contribution in [0.2, 0.25) is 0 Å². The van der Waals surface area contributed by atoms with Crippen molar-refractivity contribution in [3.8, 4) is 0 Å². The van der Waals surface area contributed by atoms with E-state index in [1.54, 1.807) is 11.3 Å². The molecule has 0 radical (unpaired) electrons. The molecule has 98 valence electrons. The van der Waals surface area contributed by atoms with Gasteiger partial charge in [-0.05, 0) is 27.3 Å². The van der Waals surface area contributed by atoms with Crippen molar-refractivity contribution >= 4 is 11.3 Å². The number of hydrogen-bond donors (Lipinski definition) is 1. The van der Waals surface area contributed by atoms with Crippen LogP contribution in [-0.2, 0) is 6.54 Å². The van der Waals surface area contributed by atoms with Crippen LogP contribution in [0.1, 0.15) is 40.8 Å². The highest BCUT2D eigenvalue weighted by molar-refractivity contribution is 7.11. The van der Waals surface area contributed by atoms with Crippen molar-refractivity contribution in [2.45, 2.75) is 39.8 Å². The summed E-state index contributed by atoms with van der Waals surface area (Å²) < 4.78 is 2.22. The van der Waals surface area contributed by atoms with Crippen molar-refractivity contribution in [1.29, 1.82) is 0 Å². The Kier molecular flexibility index (Phi) is 4.14. The quantitative estimate of drug-likeness (QED) is 0.903. The molecular formula is C13H20N4S. The molecule has 5 heteroatoms. The maximum absolute atomic E-state index is 4.51. The molecule has 0 spiro atoms. The largest absolute Gasteiger partial charge is 0.333 e. The van der Waals surface area contributed by atoms with Crippen LogP contribution in [0.3, 0.4) is 0 Å². The molecule has 4 nitrogen and oxygen atoms in total. The highest BCUT2D eigenvalue weighted by Gasteiger charge is 2.21. The maximum atomic E-state index is 4.51. The Bertz CT molecular complexity index is 515. The van der Waals surface area contributed by atoms with Gasteiger partial charge in [0.25, 0.3) is 0 Å². The van der Waals surface area contributed by atoms with E-state index in [1.807, 2.05) is 26.4 Å². The molecule has 0 aliphatic heterocycles. The van der Waals surface area contributed by atoms with Gasteiger partial charge in [0.05, 0.1) is 15.6 Å². The van der Waals surface area contributed by atoms with Crippen molar-refractivity contribution in [2.75, 3.05) is 7.05 Å². The third kappa shape index (κ3) is 2.47. The van der Waals surface area contributed by atoms with Gasteiger partial charge in [-0.15, -0.1) is 11.3 Å². The smallest absolute Gasteiger partial charge is 0.131 e. The van der Waals surface area contributed by atoms with E-state index >= 15 is 0 Å². The molecule has 0 saturated heterocycles. The fourth-order valence-electron chi connectivity index (χ4n) is 2.20. The van der Waals surface area contributed by atoms with Crippen LogP contribution < -0.4 is 5.32 Å². The van der Waals surface area contributed by atoms with Gasteiger partial charge in [0.2, 0.25) is 0 Å². The van der Waals surface area contributed by atoms with Crippen LogP contribution in [0, 0.1) is 13.8 Å². The lowest BCUT2D eigenvalue weighted by molar-refractivity contribution is 0.571. The minimum absolute atomic E-state index is 0.137. The Morgan fingerprint density at radius 2 is 2.22 bits per heavy atom. The van der Waals surface area contributed by atoms with Gasteiger partial charge >= 0.3 is 0 Å². The van der Waals surface area contributed by atoms with Crippen LogP contribution in [-0.4, -0.2) is 21.6 Å². The fourth-order valence-corrected chi connectivity index (χ4v) is 3.24. The molecule has 0 aliphatic carbocycles. The minimum atomic E-state index is 0.137. The SMILES string of the molecule is CCCn1ccnc1C(NC)c1sc(C)nc1C. The summed E-state index contributed by atoms with van der Waals surface area (Å²) in [6.07, 6.45) is 5.03. The second kappa shape index (κ2) is 5.63. The summed E-state index contributed by atoms with van der Waals surface area (Å²) in [5, 5.41) is 4.47. The summed E-state index contributed by atoms with van der Waals surface area (Å²) in [4.78, 5) is 10.3. The minimum Gasteiger partial charge on any atom is -0.333 e. The van der Waals surface area contributed by atoms with Crippen molar-refractivity contribution in [3.63, 3.8) is 0 Å². The fraction of sp³-hybridized carbons (Fsp3) is 0.538. The molecule has 0 aromatic carbocycles. The van der Waals surface area contributed by atoms with Crippen LogP contribution in [0.15, 0.2) is 12.4 Å². The Morgan fingerprint density at radius 3 is 2.78 bits per heavy atom. The van der Waals surface area contributed by atoms with Crippen molar-refractivity contribution < 1.29 is 0 Å². The van der Waals surface area contributed by atoms with Gasteiger partial charge in [-0.25, -0.2) is 9.97 Å². The summed E-state index contributed by atoms with van der Waals surface area (Å²) in [5.74, 6) is 1.08. The second-order valence-electron chi connectivity index (χ2n) is 4.38. The summed E-state index contributed by atoms with van der Waals surface area (Å²) in [6.45, 7) is 7.30. The highest BCUT2D eigenvalue weighted by atomic mass is 32.1. The molecule has 2 aromatic rings.